The summed E-state index contributed by atoms with van der Waals surface area (Å²) < 4.78 is 4.80. The fourth-order valence-electron chi connectivity index (χ4n) is 2.52. The molecule has 0 amide bonds. The normalized spacial score (nSPS) is 19.1. The van der Waals surface area contributed by atoms with E-state index < -0.39 is 0 Å². The zero-order valence-corrected chi connectivity index (χ0v) is 11.4. The number of fused-ring (bicyclic) bond motifs is 1. The largest absolute Gasteiger partial charge is 0.468 e. The fourth-order valence-corrected chi connectivity index (χ4v) is 2.52. The van der Waals surface area contributed by atoms with E-state index in [-0.39, 0.29) is 12.0 Å². The molecular weight excluding hydrogens is 254 g/mol. The monoisotopic (exact) mass is 271 g/mol. The van der Waals surface area contributed by atoms with Crippen LogP contribution in [0.15, 0.2) is 36.5 Å². The molecule has 1 saturated heterocycles. The number of methoxy groups -OCH3 is 1. The van der Waals surface area contributed by atoms with Gasteiger partial charge < -0.3 is 15.0 Å². The summed E-state index contributed by atoms with van der Waals surface area (Å²) in [6, 6.07) is 9.86. The number of pyridine rings is 1. The molecule has 1 N–H and O–H groups in total. The van der Waals surface area contributed by atoms with Gasteiger partial charge >= 0.3 is 5.97 Å². The van der Waals surface area contributed by atoms with Crippen molar-refractivity contribution in [2.75, 3.05) is 31.6 Å². The Morgan fingerprint density at radius 3 is 3.15 bits per heavy atom. The van der Waals surface area contributed by atoms with Crippen LogP contribution in [0, 0.1) is 0 Å². The lowest BCUT2D eigenvalue weighted by molar-refractivity contribution is -0.143. The quantitative estimate of drug-likeness (QED) is 0.831. The first-order valence-corrected chi connectivity index (χ1v) is 6.69. The minimum atomic E-state index is -0.278. The van der Waals surface area contributed by atoms with Crippen LogP contribution in [0.5, 0.6) is 0 Å². The van der Waals surface area contributed by atoms with E-state index in [2.05, 4.69) is 21.3 Å². The molecule has 0 spiro atoms. The van der Waals surface area contributed by atoms with Crippen molar-refractivity contribution in [1.82, 2.24) is 10.3 Å². The highest BCUT2D eigenvalue weighted by Gasteiger charge is 2.26. The predicted molar refractivity (Wildman–Crippen MR) is 77.8 cm³/mol. The van der Waals surface area contributed by atoms with Crippen LogP contribution in [0.1, 0.15) is 0 Å². The molecule has 1 aromatic heterocycles. The van der Waals surface area contributed by atoms with Crippen molar-refractivity contribution in [1.29, 1.82) is 0 Å². The molecule has 1 unspecified atom stereocenters. The van der Waals surface area contributed by atoms with Crippen LogP contribution in [0.2, 0.25) is 0 Å². The Balaban J connectivity index is 1.84. The van der Waals surface area contributed by atoms with Gasteiger partial charge in [0.15, 0.2) is 0 Å². The molecule has 104 valence electrons. The van der Waals surface area contributed by atoms with Crippen molar-refractivity contribution < 1.29 is 9.53 Å². The maximum absolute atomic E-state index is 11.6. The SMILES string of the molecule is COC(=O)C1CN(c2cnc3ccccc3c2)CCN1. The number of esters is 1. The van der Waals surface area contributed by atoms with Gasteiger partial charge in [-0.15, -0.1) is 0 Å². The highest BCUT2D eigenvalue weighted by Crippen LogP contribution is 2.20. The summed E-state index contributed by atoms with van der Waals surface area (Å²) in [5.74, 6) is -0.219. The van der Waals surface area contributed by atoms with E-state index in [9.17, 15) is 4.79 Å². The number of carbonyl (C=O) groups is 1. The van der Waals surface area contributed by atoms with Crippen LogP contribution < -0.4 is 10.2 Å². The number of para-hydroxylation sites is 1. The average molecular weight is 271 g/mol. The Morgan fingerprint density at radius 1 is 1.45 bits per heavy atom. The number of hydrogen-bond acceptors (Lipinski definition) is 5. The summed E-state index contributed by atoms with van der Waals surface area (Å²) in [5.41, 5.74) is 2.02. The first-order valence-electron chi connectivity index (χ1n) is 6.69. The zero-order chi connectivity index (χ0) is 13.9. The van der Waals surface area contributed by atoms with Gasteiger partial charge in [0.1, 0.15) is 6.04 Å². The first-order chi connectivity index (χ1) is 9.78. The summed E-state index contributed by atoms with van der Waals surface area (Å²) >= 11 is 0. The lowest BCUT2D eigenvalue weighted by atomic mass is 10.1. The molecule has 0 saturated carbocycles. The molecular formula is C15H17N3O2. The Hall–Kier alpha value is -2.14. The van der Waals surface area contributed by atoms with Gasteiger partial charge in [-0.2, -0.15) is 0 Å². The summed E-state index contributed by atoms with van der Waals surface area (Å²) in [4.78, 5) is 18.3. The molecule has 20 heavy (non-hydrogen) atoms. The van der Waals surface area contributed by atoms with E-state index >= 15 is 0 Å². The Labute approximate surface area is 117 Å². The van der Waals surface area contributed by atoms with E-state index in [0.29, 0.717) is 6.54 Å². The Bertz CT molecular complexity index is 629. The van der Waals surface area contributed by atoms with Gasteiger partial charge in [0.05, 0.1) is 24.5 Å². The second-order valence-corrected chi connectivity index (χ2v) is 4.86. The summed E-state index contributed by atoms with van der Waals surface area (Å²) in [5, 5.41) is 4.28. The van der Waals surface area contributed by atoms with Crippen LogP contribution >= 0.6 is 0 Å². The molecule has 1 atom stereocenters. The lowest BCUT2D eigenvalue weighted by Gasteiger charge is -2.33. The van der Waals surface area contributed by atoms with Crippen LogP contribution in [-0.4, -0.2) is 43.7 Å². The van der Waals surface area contributed by atoms with Gasteiger partial charge in [-0.05, 0) is 12.1 Å². The highest BCUT2D eigenvalue weighted by atomic mass is 16.5. The molecule has 0 radical (unpaired) electrons. The van der Waals surface area contributed by atoms with Crippen molar-refractivity contribution in [3.05, 3.63) is 36.5 Å². The van der Waals surface area contributed by atoms with Crippen LogP contribution in [0.4, 0.5) is 5.69 Å². The maximum atomic E-state index is 11.6. The molecule has 1 aromatic carbocycles. The smallest absolute Gasteiger partial charge is 0.324 e. The van der Waals surface area contributed by atoms with E-state index in [4.69, 9.17) is 4.74 Å². The Morgan fingerprint density at radius 2 is 2.30 bits per heavy atom. The molecule has 2 heterocycles. The number of nitrogens with one attached hydrogen (secondary N) is 1. The van der Waals surface area contributed by atoms with E-state index in [1.807, 2.05) is 30.5 Å². The number of aromatic nitrogens is 1. The molecule has 0 aliphatic carbocycles. The predicted octanol–water partition coefficient (Wildman–Crippen LogP) is 1.19. The molecule has 5 heteroatoms. The van der Waals surface area contributed by atoms with Crippen LogP contribution in [-0.2, 0) is 9.53 Å². The molecule has 5 nitrogen and oxygen atoms in total. The van der Waals surface area contributed by atoms with Crippen LogP contribution in [0.3, 0.4) is 0 Å². The van der Waals surface area contributed by atoms with E-state index in [1.165, 1.54) is 7.11 Å². The summed E-state index contributed by atoms with van der Waals surface area (Å²) in [6.45, 7) is 2.22. The summed E-state index contributed by atoms with van der Waals surface area (Å²) in [7, 11) is 1.42. The van der Waals surface area contributed by atoms with E-state index in [1.54, 1.807) is 0 Å². The van der Waals surface area contributed by atoms with Gasteiger partial charge in [-0.25, -0.2) is 0 Å². The topological polar surface area (TPSA) is 54.5 Å². The third-order valence-electron chi connectivity index (χ3n) is 3.60. The number of nitrogens with zero attached hydrogens (tertiary/aromatic N) is 2. The molecule has 1 fully saturated rings. The minimum Gasteiger partial charge on any atom is -0.468 e. The summed E-state index contributed by atoms with van der Waals surface area (Å²) in [6.07, 6.45) is 1.86. The van der Waals surface area contributed by atoms with Crippen molar-refractivity contribution in [2.45, 2.75) is 6.04 Å². The van der Waals surface area contributed by atoms with E-state index in [0.717, 1.165) is 29.7 Å². The van der Waals surface area contributed by atoms with Gasteiger partial charge in [0.25, 0.3) is 0 Å². The number of anilines is 1. The highest BCUT2D eigenvalue weighted by molar-refractivity contribution is 5.82. The third-order valence-corrected chi connectivity index (χ3v) is 3.60. The third kappa shape index (κ3) is 2.44. The molecule has 0 bridgehead atoms. The maximum Gasteiger partial charge on any atom is 0.324 e. The van der Waals surface area contributed by atoms with Crippen molar-refractivity contribution >= 4 is 22.6 Å². The van der Waals surface area contributed by atoms with Gasteiger partial charge in [-0.1, -0.05) is 18.2 Å². The average Bonchev–Trinajstić information content (AvgIpc) is 2.53. The van der Waals surface area contributed by atoms with Crippen molar-refractivity contribution in [3.8, 4) is 0 Å². The van der Waals surface area contributed by atoms with Gasteiger partial charge in [0, 0.05) is 25.0 Å². The van der Waals surface area contributed by atoms with Crippen LogP contribution in [0.25, 0.3) is 10.9 Å². The number of rotatable bonds is 2. The number of carbonyl (C=O) groups excluding carboxylic acids is 1. The molecule has 1 aliphatic heterocycles. The molecule has 2 aromatic rings. The lowest BCUT2D eigenvalue weighted by Crippen LogP contribution is -2.54. The number of benzene rings is 1. The first kappa shape index (κ1) is 12.9. The van der Waals surface area contributed by atoms with Crippen molar-refractivity contribution in [3.63, 3.8) is 0 Å². The standard InChI is InChI=1S/C15H17N3O2/c1-20-15(19)14-10-18(7-6-16-14)12-8-11-4-2-3-5-13(11)17-9-12/h2-5,8-9,14,16H,6-7,10H2,1H3. The van der Waals surface area contributed by atoms with Gasteiger partial charge in [0.2, 0.25) is 0 Å². The number of hydrogen-bond donors (Lipinski definition) is 1. The van der Waals surface area contributed by atoms with Gasteiger partial charge in [-0.3, -0.25) is 9.78 Å². The minimum absolute atomic E-state index is 0.219. The zero-order valence-electron chi connectivity index (χ0n) is 11.4. The Kier molecular flexibility index (Phi) is 3.52. The number of ether oxygens (including phenoxy) is 1. The second-order valence-electron chi connectivity index (χ2n) is 4.86. The second kappa shape index (κ2) is 5.46. The number of piperazine rings is 1. The molecule has 3 rings (SSSR count). The fraction of sp³-hybridized carbons (Fsp3) is 0.333. The molecule has 1 aliphatic rings. The van der Waals surface area contributed by atoms with Crippen molar-refractivity contribution in [2.24, 2.45) is 0 Å².